The number of ketones is 1. The van der Waals surface area contributed by atoms with Crippen molar-refractivity contribution in [2.45, 2.75) is 13.8 Å². The molecule has 0 aliphatic rings. The van der Waals surface area contributed by atoms with Crippen LogP contribution in [0, 0.1) is 70.7 Å². The van der Waals surface area contributed by atoms with E-state index < -0.39 is 0 Å². The fourth-order valence-electron chi connectivity index (χ4n) is 1.67. The van der Waals surface area contributed by atoms with Gasteiger partial charge in [-0.3, -0.25) is 4.79 Å². The first-order valence-electron chi connectivity index (χ1n) is 4.98. The van der Waals surface area contributed by atoms with E-state index in [0.717, 1.165) is 11.1 Å². The molecule has 2 rings (SSSR count). The maximum atomic E-state index is 12.1. The summed E-state index contributed by atoms with van der Waals surface area (Å²) in [6, 6.07) is 7.19. The molecule has 1 heterocycles. The summed E-state index contributed by atoms with van der Waals surface area (Å²) in [5.74, 6) is -0.0247. The van der Waals surface area contributed by atoms with Gasteiger partial charge in [-0.05, 0) is 42.5 Å². The minimum absolute atomic E-state index is 0. The molecule has 0 fully saturated rings. The largest absolute Gasteiger partial charge is 0.507 e. The van der Waals surface area contributed by atoms with Crippen LogP contribution < -0.4 is 0 Å². The third-order valence-electron chi connectivity index (χ3n) is 2.43. The number of hydrogen-bond donors (Lipinski definition) is 1. The maximum absolute atomic E-state index is 12.1. The fraction of sp³-hybridized carbons (Fsp3) is 0.143. The summed E-state index contributed by atoms with van der Waals surface area (Å²) in [5, 5.41) is 11.7. The van der Waals surface area contributed by atoms with Crippen LogP contribution in [0.5, 0.6) is 5.75 Å². The molecule has 0 bridgehead atoms. The molecule has 0 spiro atoms. The second kappa shape index (κ2) is 7.54. The van der Waals surface area contributed by atoms with Crippen LogP contribution in [0.25, 0.3) is 0 Å². The minimum Gasteiger partial charge on any atom is -0.507 e. The monoisotopic (exact) mass is 400 g/mol. The molecular formula is C14H15EuO2S-. The topological polar surface area (TPSA) is 37.3 Å². The molecule has 18 heavy (non-hydrogen) atoms. The van der Waals surface area contributed by atoms with Crippen LogP contribution in [0.2, 0.25) is 0 Å². The van der Waals surface area contributed by atoms with E-state index in [1.54, 1.807) is 19.1 Å². The van der Waals surface area contributed by atoms with E-state index in [-0.39, 0.29) is 68.3 Å². The van der Waals surface area contributed by atoms with E-state index in [9.17, 15) is 9.90 Å². The second-order valence-corrected chi connectivity index (χ2v) is 4.73. The molecule has 0 aliphatic carbocycles. The molecule has 0 atom stereocenters. The Kier molecular flexibility index (Phi) is 7.53. The zero-order valence-electron chi connectivity index (χ0n) is 10.5. The van der Waals surface area contributed by atoms with Gasteiger partial charge in [0.05, 0.1) is 10.4 Å². The van der Waals surface area contributed by atoms with E-state index in [4.69, 9.17) is 0 Å². The van der Waals surface area contributed by atoms with Gasteiger partial charge in [0.25, 0.3) is 0 Å². The molecular weight excluding hydrogens is 384 g/mol. The summed E-state index contributed by atoms with van der Waals surface area (Å²) in [6.07, 6.45) is 0. The average Bonchev–Trinajstić information content (AvgIpc) is 2.75. The first-order chi connectivity index (χ1) is 7.59. The van der Waals surface area contributed by atoms with E-state index in [1.165, 1.54) is 11.3 Å². The van der Waals surface area contributed by atoms with Crippen LogP contribution in [-0.2, 0) is 0 Å². The second-order valence-electron chi connectivity index (χ2n) is 3.78. The molecule has 1 aromatic heterocycles. The van der Waals surface area contributed by atoms with Crippen LogP contribution in [0.1, 0.15) is 26.4 Å². The quantitative estimate of drug-likeness (QED) is 0.617. The maximum Gasteiger partial charge on any atom is 0.206 e. The molecule has 0 aliphatic heterocycles. The Bertz CT molecular complexity index is 533. The third kappa shape index (κ3) is 3.73. The fourth-order valence-corrected chi connectivity index (χ4v) is 2.35. The summed E-state index contributed by atoms with van der Waals surface area (Å²) in [7, 11) is 0. The Labute approximate surface area is 153 Å². The van der Waals surface area contributed by atoms with E-state index in [1.807, 2.05) is 24.4 Å². The number of phenols is 1. The van der Waals surface area contributed by atoms with Crippen molar-refractivity contribution in [1.29, 1.82) is 0 Å². The molecule has 0 amide bonds. The molecule has 0 saturated carbocycles. The van der Waals surface area contributed by atoms with Crippen molar-refractivity contribution in [1.82, 2.24) is 0 Å². The van der Waals surface area contributed by atoms with Gasteiger partial charge >= 0.3 is 0 Å². The summed E-state index contributed by atoms with van der Waals surface area (Å²) < 4.78 is 0. The van der Waals surface area contributed by atoms with Crippen molar-refractivity contribution in [3.05, 3.63) is 58.6 Å². The molecule has 0 unspecified atom stereocenters. The van der Waals surface area contributed by atoms with Gasteiger partial charge in [0.2, 0.25) is 5.78 Å². The van der Waals surface area contributed by atoms with Gasteiger partial charge in [-0.1, -0.05) is 12.1 Å². The van der Waals surface area contributed by atoms with Gasteiger partial charge < -0.3 is 12.5 Å². The summed E-state index contributed by atoms with van der Waals surface area (Å²) >= 11 is 1.39. The van der Waals surface area contributed by atoms with Crippen LogP contribution in [0.15, 0.2) is 29.6 Å². The van der Waals surface area contributed by atoms with Gasteiger partial charge in [0.15, 0.2) is 0 Å². The number of benzene rings is 1. The Morgan fingerprint density at radius 3 is 2.50 bits per heavy atom. The predicted molar refractivity (Wildman–Crippen MR) is 71.7 cm³/mol. The van der Waals surface area contributed by atoms with Crippen LogP contribution in [0.3, 0.4) is 0 Å². The zero-order valence-corrected chi connectivity index (χ0v) is 13.8. The number of aromatic hydroxyl groups is 1. The van der Waals surface area contributed by atoms with Gasteiger partial charge in [-0.2, -0.15) is 0 Å². The summed E-state index contributed by atoms with van der Waals surface area (Å²) in [4.78, 5) is 12.7. The number of hydrogen-bond acceptors (Lipinski definition) is 3. The van der Waals surface area contributed by atoms with Crippen molar-refractivity contribution < 1.29 is 59.3 Å². The standard InChI is InChI=1S/C13H12O2S.CH3.Eu/c1-8-6-9(2)12(14)10(7-8)13(15)11-4-3-5-16-11;;/h3-7,14H,1-2H3;1H3;/q;-1;. The molecule has 1 aromatic carbocycles. The van der Waals surface area contributed by atoms with Gasteiger partial charge in [-0.15, -0.1) is 11.3 Å². The van der Waals surface area contributed by atoms with Crippen molar-refractivity contribution in [2.75, 3.05) is 0 Å². The van der Waals surface area contributed by atoms with E-state index >= 15 is 0 Å². The first-order valence-corrected chi connectivity index (χ1v) is 5.86. The molecule has 2 aromatic rings. The van der Waals surface area contributed by atoms with Crippen LogP contribution in [0.4, 0.5) is 0 Å². The number of carbonyl (C=O) groups excluding carboxylic acids is 1. The van der Waals surface area contributed by atoms with Crippen LogP contribution in [-0.4, -0.2) is 10.9 Å². The molecule has 1 N–H and O–H groups in total. The molecule has 1 radical (unpaired) electrons. The Morgan fingerprint density at radius 2 is 1.94 bits per heavy atom. The average molecular weight is 399 g/mol. The Hall–Kier alpha value is -0.0256. The Balaban J connectivity index is 0.00000144. The van der Waals surface area contributed by atoms with Crippen LogP contribution >= 0.6 is 11.3 Å². The molecule has 4 heteroatoms. The van der Waals surface area contributed by atoms with Gasteiger partial charge in [-0.25, -0.2) is 0 Å². The number of rotatable bonds is 2. The van der Waals surface area contributed by atoms with Crippen molar-refractivity contribution >= 4 is 17.1 Å². The summed E-state index contributed by atoms with van der Waals surface area (Å²) in [6.45, 7) is 3.71. The zero-order chi connectivity index (χ0) is 11.7. The SMILES string of the molecule is Cc1cc(C)c(O)c(C(=O)c2cccs2)c1.[CH3-].[Eu]. The van der Waals surface area contributed by atoms with Crippen molar-refractivity contribution in [3.63, 3.8) is 0 Å². The minimum atomic E-state index is -0.112. The number of aryl methyl sites for hydroxylation is 2. The molecule has 2 nitrogen and oxygen atoms in total. The third-order valence-corrected chi connectivity index (χ3v) is 3.30. The van der Waals surface area contributed by atoms with Crippen molar-refractivity contribution in [3.8, 4) is 5.75 Å². The van der Waals surface area contributed by atoms with Crippen molar-refractivity contribution in [2.24, 2.45) is 0 Å². The summed E-state index contributed by atoms with van der Waals surface area (Å²) in [5.41, 5.74) is 2.11. The van der Waals surface area contributed by atoms with E-state index in [2.05, 4.69) is 0 Å². The smallest absolute Gasteiger partial charge is 0.206 e. The normalized spacial score (nSPS) is 9.22. The van der Waals surface area contributed by atoms with E-state index in [0.29, 0.717) is 10.4 Å². The molecule has 0 saturated heterocycles. The number of phenolic OH excluding ortho intramolecular Hbond substituents is 1. The predicted octanol–water partition coefficient (Wildman–Crippen LogP) is 3.75. The molecule has 97 valence electrons. The Morgan fingerprint density at radius 1 is 1.28 bits per heavy atom. The number of carbonyl (C=O) groups is 1. The number of thiophene rings is 1. The van der Waals surface area contributed by atoms with Gasteiger partial charge in [0, 0.05) is 49.4 Å². The van der Waals surface area contributed by atoms with Gasteiger partial charge in [0.1, 0.15) is 5.75 Å². The first kappa shape index (κ1) is 18.0.